The molecule has 0 saturated heterocycles. The van der Waals surface area contributed by atoms with Crippen molar-refractivity contribution in [3.8, 4) is 0 Å². The molecule has 2 nitrogen and oxygen atoms in total. The largest absolute Gasteiger partial charge is 0.329 e. The van der Waals surface area contributed by atoms with E-state index in [-0.39, 0.29) is 0 Å². The molecule has 1 aromatic carbocycles. The summed E-state index contributed by atoms with van der Waals surface area (Å²) in [4.78, 5) is 2.46. The molecule has 0 amide bonds. The standard InChI is InChI=1S/C13H19ClN2/c1-2-3-6-16-9-10-4-5-11(14)7-12(10)13(16)8-15/h4-5,7,13H,2-3,6,8-9,15H2,1H3. The second kappa shape index (κ2) is 5.17. The van der Waals surface area contributed by atoms with Crippen LogP contribution in [0.15, 0.2) is 18.2 Å². The first-order valence-corrected chi connectivity index (χ1v) is 6.36. The first kappa shape index (κ1) is 11.9. The van der Waals surface area contributed by atoms with Crippen LogP contribution in [0.4, 0.5) is 0 Å². The van der Waals surface area contributed by atoms with Crippen molar-refractivity contribution >= 4 is 11.6 Å². The zero-order chi connectivity index (χ0) is 11.5. The Morgan fingerprint density at radius 1 is 1.50 bits per heavy atom. The third-order valence-corrected chi connectivity index (χ3v) is 3.54. The second-order valence-corrected chi connectivity index (χ2v) is 4.86. The number of hydrogen-bond donors (Lipinski definition) is 1. The van der Waals surface area contributed by atoms with E-state index in [9.17, 15) is 0 Å². The normalized spacial score (nSPS) is 20.1. The Balaban J connectivity index is 2.19. The summed E-state index contributed by atoms with van der Waals surface area (Å²) in [5.74, 6) is 0. The molecule has 2 rings (SSSR count). The molecule has 0 radical (unpaired) electrons. The van der Waals surface area contributed by atoms with Crippen LogP contribution in [0, 0.1) is 0 Å². The number of unbranched alkanes of at least 4 members (excludes halogenated alkanes) is 1. The maximum atomic E-state index is 6.04. The van der Waals surface area contributed by atoms with Gasteiger partial charge in [0.15, 0.2) is 0 Å². The lowest BCUT2D eigenvalue weighted by Crippen LogP contribution is -2.28. The monoisotopic (exact) mass is 238 g/mol. The van der Waals surface area contributed by atoms with E-state index in [1.54, 1.807) is 0 Å². The Hall–Kier alpha value is -0.570. The average Bonchev–Trinajstić information content (AvgIpc) is 2.63. The number of nitrogens with two attached hydrogens (primary N) is 1. The van der Waals surface area contributed by atoms with Crippen molar-refractivity contribution in [3.63, 3.8) is 0 Å². The number of hydrogen-bond acceptors (Lipinski definition) is 2. The van der Waals surface area contributed by atoms with Crippen molar-refractivity contribution < 1.29 is 0 Å². The molecule has 0 fully saturated rings. The van der Waals surface area contributed by atoms with Crippen LogP contribution in [0.1, 0.15) is 36.9 Å². The van der Waals surface area contributed by atoms with E-state index in [1.807, 2.05) is 6.07 Å². The highest BCUT2D eigenvalue weighted by atomic mass is 35.5. The van der Waals surface area contributed by atoms with Gasteiger partial charge in [-0.05, 0) is 36.2 Å². The molecule has 1 atom stereocenters. The van der Waals surface area contributed by atoms with Crippen LogP contribution in [-0.2, 0) is 6.54 Å². The molecule has 2 N–H and O–H groups in total. The van der Waals surface area contributed by atoms with Crippen LogP contribution in [0.2, 0.25) is 5.02 Å². The zero-order valence-electron chi connectivity index (χ0n) is 9.75. The fourth-order valence-electron chi connectivity index (χ4n) is 2.42. The molecule has 1 unspecified atom stereocenters. The number of benzene rings is 1. The molecule has 0 bridgehead atoms. The van der Waals surface area contributed by atoms with Crippen LogP contribution >= 0.6 is 11.6 Å². The van der Waals surface area contributed by atoms with Crippen molar-refractivity contribution in [2.24, 2.45) is 5.73 Å². The Labute approximate surface area is 102 Å². The fraction of sp³-hybridized carbons (Fsp3) is 0.538. The van der Waals surface area contributed by atoms with Crippen molar-refractivity contribution in [2.75, 3.05) is 13.1 Å². The van der Waals surface area contributed by atoms with Gasteiger partial charge in [-0.2, -0.15) is 0 Å². The molecule has 1 aliphatic heterocycles. The van der Waals surface area contributed by atoms with E-state index in [0.717, 1.165) is 18.1 Å². The topological polar surface area (TPSA) is 29.3 Å². The Bertz CT molecular complexity index is 365. The average molecular weight is 239 g/mol. The van der Waals surface area contributed by atoms with Gasteiger partial charge in [-0.3, -0.25) is 4.90 Å². The summed E-state index contributed by atoms with van der Waals surface area (Å²) >= 11 is 6.04. The smallest absolute Gasteiger partial charge is 0.0477 e. The van der Waals surface area contributed by atoms with E-state index < -0.39 is 0 Å². The van der Waals surface area contributed by atoms with E-state index in [0.29, 0.717) is 12.6 Å². The first-order valence-electron chi connectivity index (χ1n) is 5.98. The lowest BCUT2D eigenvalue weighted by atomic mass is 10.1. The van der Waals surface area contributed by atoms with Crippen LogP contribution in [0.25, 0.3) is 0 Å². The molecule has 16 heavy (non-hydrogen) atoms. The predicted molar refractivity (Wildman–Crippen MR) is 68.6 cm³/mol. The van der Waals surface area contributed by atoms with E-state index in [1.165, 1.54) is 24.0 Å². The first-order chi connectivity index (χ1) is 7.76. The van der Waals surface area contributed by atoms with Gasteiger partial charge in [0.1, 0.15) is 0 Å². The zero-order valence-corrected chi connectivity index (χ0v) is 10.5. The fourth-order valence-corrected chi connectivity index (χ4v) is 2.60. The van der Waals surface area contributed by atoms with Crippen LogP contribution in [0.3, 0.4) is 0 Å². The summed E-state index contributed by atoms with van der Waals surface area (Å²) in [6.45, 7) is 5.05. The highest BCUT2D eigenvalue weighted by Gasteiger charge is 2.28. The number of rotatable bonds is 4. The highest BCUT2D eigenvalue weighted by Crippen LogP contribution is 2.34. The summed E-state index contributed by atoms with van der Waals surface area (Å²) in [5.41, 5.74) is 8.59. The van der Waals surface area contributed by atoms with Gasteiger partial charge in [-0.25, -0.2) is 0 Å². The van der Waals surface area contributed by atoms with E-state index in [2.05, 4.69) is 24.0 Å². The SMILES string of the molecule is CCCCN1Cc2ccc(Cl)cc2C1CN. The van der Waals surface area contributed by atoms with E-state index >= 15 is 0 Å². The van der Waals surface area contributed by atoms with Crippen LogP contribution in [0.5, 0.6) is 0 Å². The van der Waals surface area contributed by atoms with Gasteiger partial charge in [0.2, 0.25) is 0 Å². The van der Waals surface area contributed by atoms with Gasteiger partial charge in [0.05, 0.1) is 0 Å². The lowest BCUT2D eigenvalue weighted by molar-refractivity contribution is 0.217. The van der Waals surface area contributed by atoms with E-state index in [4.69, 9.17) is 17.3 Å². The summed E-state index contributed by atoms with van der Waals surface area (Å²) < 4.78 is 0. The summed E-state index contributed by atoms with van der Waals surface area (Å²) in [6.07, 6.45) is 2.46. The molecule has 88 valence electrons. The van der Waals surface area contributed by atoms with Gasteiger partial charge in [-0.1, -0.05) is 31.0 Å². The molecule has 1 aliphatic rings. The molecule has 0 spiro atoms. The Morgan fingerprint density at radius 3 is 3.00 bits per heavy atom. The molecular weight excluding hydrogens is 220 g/mol. The van der Waals surface area contributed by atoms with Crippen molar-refractivity contribution in [1.82, 2.24) is 4.90 Å². The minimum absolute atomic E-state index is 0.361. The third-order valence-electron chi connectivity index (χ3n) is 3.30. The van der Waals surface area contributed by atoms with Gasteiger partial charge in [0, 0.05) is 24.2 Å². The van der Waals surface area contributed by atoms with Crippen LogP contribution < -0.4 is 5.73 Å². The van der Waals surface area contributed by atoms with Crippen LogP contribution in [-0.4, -0.2) is 18.0 Å². The molecule has 0 aliphatic carbocycles. The quantitative estimate of drug-likeness (QED) is 0.874. The minimum atomic E-state index is 0.361. The van der Waals surface area contributed by atoms with Crippen molar-refractivity contribution in [3.05, 3.63) is 34.3 Å². The lowest BCUT2D eigenvalue weighted by Gasteiger charge is -2.23. The Morgan fingerprint density at radius 2 is 2.31 bits per heavy atom. The van der Waals surface area contributed by atoms with Gasteiger partial charge in [-0.15, -0.1) is 0 Å². The number of nitrogens with zero attached hydrogens (tertiary/aromatic N) is 1. The summed E-state index contributed by atoms with van der Waals surface area (Å²) in [5, 5.41) is 0.814. The van der Waals surface area contributed by atoms with Crippen molar-refractivity contribution in [1.29, 1.82) is 0 Å². The maximum Gasteiger partial charge on any atom is 0.0477 e. The van der Waals surface area contributed by atoms with Crippen molar-refractivity contribution in [2.45, 2.75) is 32.4 Å². The maximum absolute atomic E-state index is 6.04. The molecule has 1 heterocycles. The minimum Gasteiger partial charge on any atom is -0.329 e. The molecule has 1 aromatic rings. The molecule has 0 saturated carbocycles. The predicted octanol–water partition coefficient (Wildman–Crippen LogP) is 2.96. The van der Waals surface area contributed by atoms with Gasteiger partial charge >= 0.3 is 0 Å². The number of fused-ring (bicyclic) bond motifs is 1. The number of halogens is 1. The summed E-state index contributed by atoms with van der Waals surface area (Å²) in [6, 6.07) is 6.53. The third kappa shape index (κ3) is 2.24. The molecule has 3 heteroatoms. The highest BCUT2D eigenvalue weighted by molar-refractivity contribution is 6.30. The van der Waals surface area contributed by atoms with Gasteiger partial charge in [0.25, 0.3) is 0 Å². The summed E-state index contributed by atoms with van der Waals surface area (Å²) in [7, 11) is 0. The Kier molecular flexibility index (Phi) is 3.85. The second-order valence-electron chi connectivity index (χ2n) is 4.42. The molecule has 0 aromatic heterocycles. The molecular formula is C13H19ClN2. The van der Waals surface area contributed by atoms with Gasteiger partial charge < -0.3 is 5.73 Å².